The van der Waals surface area contributed by atoms with Crippen LogP contribution in [0, 0.1) is 11.8 Å². The number of carbonyl (C=O) groups excluding carboxylic acids is 1. The number of nitrogens with two attached hydrogens (primary N) is 1. The van der Waals surface area contributed by atoms with Gasteiger partial charge in [0.05, 0.1) is 13.0 Å². The van der Waals surface area contributed by atoms with E-state index in [2.05, 4.69) is 4.72 Å². The number of esters is 1. The van der Waals surface area contributed by atoms with Crippen LogP contribution in [0.5, 0.6) is 0 Å². The summed E-state index contributed by atoms with van der Waals surface area (Å²) in [7, 11) is -2.15. The van der Waals surface area contributed by atoms with Gasteiger partial charge >= 0.3 is 5.97 Å². The maximum Gasteiger partial charge on any atom is 0.308 e. The summed E-state index contributed by atoms with van der Waals surface area (Å²) in [6.45, 7) is 1.01. The number of hydrogen-bond acceptors (Lipinski definition) is 5. The van der Waals surface area contributed by atoms with E-state index in [0.717, 1.165) is 12.8 Å². The molecule has 20 heavy (non-hydrogen) atoms. The molecule has 1 aliphatic carbocycles. The van der Waals surface area contributed by atoms with Gasteiger partial charge in [0.2, 0.25) is 0 Å². The summed E-state index contributed by atoms with van der Waals surface area (Å²) in [6.07, 6.45) is 3.08. The minimum atomic E-state index is -3.50. The zero-order chi connectivity index (χ0) is 14.8. The van der Waals surface area contributed by atoms with Crippen LogP contribution in [0.1, 0.15) is 25.7 Å². The largest absolute Gasteiger partial charge is 0.469 e. The molecule has 1 saturated heterocycles. The molecule has 7 nitrogen and oxygen atoms in total. The van der Waals surface area contributed by atoms with E-state index in [9.17, 15) is 13.2 Å². The lowest BCUT2D eigenvalue weighted by atomic mass is 9.99. The fourth-order valence-corrected chi connectivity index (χ4v) is 4.11. The summed E-state index contributed by atoms with van der Waals surface area (Å²) in [5, 5.41) is 0. The molecule has 1 atom stereocenters. The molecule has 0 spiro atoms. The molecule has 0 aromatic carbocycles. The van der Waals surface area contributed by atoms with Gasteiger partial charge in [-0.3, -0.25) is 4.79 Å². The van der Waals surface area contributed by atoms with Gasteiger partial charge in [-0.1, -0.05) is 0 Å². The number of nitrogens with zero attached hydrogens (tertiary/aromatic N) is 1. The third-order valence-electron chi connectivity index (χ3n) is 4.07. The van der Waals surface area contributed by atoms with E-state index in [4.69, 9.17) is 10.5 Å². The molecule has 0 aromatic heterocycles. The molecule has 1 aliphatic heterocycles. The predicted molar refractivity (Wildman–Crippen MR) is 73.9 cm³/mol. The molecule has 1 heterocycles. The molecule has 0 bridgehead atoms. The van der Waals surface area contributed by atoms with Crippen molar-refractivity contribution < 1.29 is 17.9 Å². The second kappa shape index (κ2) is 6.38. The normalized spacial score (nSPS) is 23.5. The van der Waals surface area contributed by atoms with Gasteiger partial charge in [-0.25, -0.2) is 0 Å². The first-order valence-corrected chi connectivity index (χ1v) is 8.47. The molecule has 1 saturated carbocycles. The Labute approximate surface area is 120 Å². The van der Waals surface area contributed by atoms with E-state index in [1.807, 2.05) is 0 Å². The lowest BCUT2D eigenvalue weighted by Gasteiger charge is -2.31. The van der Waals surface area contributed by atoms with Crippen LogP contribution in [0.3, 0.4) is 0 Å². The van der Waals surface area contributed by atoms with Gasteiger partial charge in [0.25, 0.3) is 10.2 Å². The van der Waals surface area contributed by atoms with Gasteiger partial charge in [-0.15, -0.1) is 0 Å². The summed E-state index contributed by atoms with van der Waals surface area (Å²) in [4.78, 5) is 11.4. The van der Waals surface area contributed by atoms with Gasteiger partial charge in [-0.2, -0.15) is 17.4 Å². The highest BCUT2D eigenvalue weighted by Crippen LogP contribution is 2.32. The Bertz CT molecular complexity index is 442. The Kier molecular flexibility index (Phi) is 5.00. The predicted octanol–water partition coefficient (Wildman–Crippen LogP) is -0.557. The maximum atomic E-state index is 12.3. The Morgan fingerprint density at radius 1 is 1.35 bits per heavy atom. The quantitative estimate of drug-likeness (QED) is 0.641. The fourth-order valence-electron chi connectivity index (χ4n) is 2.60. The van der Waals surface area contributed by atoms with Crippen LogP contribution in [-0.2, 0) is 19.7 Å². The average Bonchev–Trinajstić information content (AvgIpc) is 3.28. The molecule has 0 amide bonds. The van der Waals surface area contributed by atoms with Gasteiger partial charge in [0.1, 0.15) is 0 Å². The van der Waals surface area contributed by atoms with Crippen LogP contribution >= 0.6 is 0 Å². The van der Waals surface area contributed by atoms with E-state index in [1.54, 1.807) is 0 Å². The molecular formula is C12H23N3O4S. The number of piperidine rings is 1. The Morgan fingerprint density at radius 2 is 1.95 bits per heavy atom. The molecule has 0 aromatic rings. The van der Waals surface area contributed by atoms with Crippen LogP contribution in [0.15, 0.2) is 0 Å². The van der Waals surface area contributed by atoms with Gasteiger partial charge in [-0.05, 0) is 31.6 Å². The van der Waals surface area contributed by atoms with Crippen molar-refractivity contribution in [2.75, 3.05) is 26.7 Å². The zero-order valence-electron chi connectivity index (χ0n) is 11.7. The van der Waals surface area contributed by atoms with Crippen molar-refractivity contribution in [2.24, 2.45) is 17.6 Å². The Balaban J connectivity index is 1.89. The average molecular weight is 305 g/mol. The van der Waals surface area contributed by atoms with Gasteiger partial charge in [0.15, 0.2) is 0 Å². The second-order valence-electron chi connectivity index (χ2n) is 5.50. The van der Waals surface area contributed by atoms with Crippen molar-refractivity contribution in [1.82, 2.24) is 9.03 Å². The summed E-state index contributed by atoms with van der Waals surface area (Å²) >= 11 is 0. The first-order valence-electron chi connectivity index (χ1n) is 7.03. The molecule has 1 unspecified atom stereocenters. The van der Waals surface area contributed by atoms with Crippen molar-refractivity contribution in [1.29, 1.82) is 0 Å². The van der Waals surface area contributed by atoms with E-state index in [-0.39, 0.29) is 17.9 Å². The van der Waals surface area contributed by atoms with Crippen LogP contribution in [0.2, 0.25) is 0 Å². The lowest BCUT2D eigenvalue weighted by Crippen LogP contribution is -2.51. The summed E-state index contributed by atoms with van der Waals surface area (Å²) in [5.74, 6) is -0.0737. The molecule has 2 rings (SSSR count). The third-order valence-corrected chi connectivity index (χ3v) is 5.72. The topological polar surface area (TPSA) is 102 Å². The first-order chi connectivity index (χ1) is 9.47. The van der Waals surface area contributed by atoms with Crippen LogP contribution in [-0.4, -0.2) is 51.5 Å². The number of carbonyl (C=O) groups is 1. The van der Waals surface area contributed by atoms with E-state index in [1.165, 1.54) is 11.4 Å². The molecule has 2 fully saturated rings. The number of rotatable bonds is 6. The van der Waals surface area contributed by atoms with Crippen molar-refractivity contribution in [3.05, 3.63) is 0 Å². The minimum Gasteiger partial charge on any atom is -0.469 e. The molecular weight excluding hydrogens is 282 g/mol. The summed E-state index contributed by atoms with van der Waals surface area (Å²) in [5.41, 5.74) is 5.62. The summed E-state index contributed by atoms with van der Waals surface area (Å²) < 4.78 is 33.3. The molecule has 116 valence electrons. The fraction of sp³-hybridized carbons (Fsp3) is 0.917. The number of hydrogen-bond donors (Lipinski definition) is 2. The highest BCUT2D eigenvalue weighted by molar-refractivity contribution is 7.87. The monoisotopic (exact) mass is 305 g/mol. The van der Waals surface area contributed by atoms with Gasteiger partial charge < -0.3 is 10.5 Å². The van der Waals surface area contributed by atoms with Crippen LogP contribution < -0.4 is 10.5 Å². The van der Waals surface area contributed by atoms with Gasteiger partial charge in [0, 0.05) is 25.7 Å². The standard InChI is InChI=1S/C12H23N3O4S/c1-19-12(16)10-4-6-15(7-5-10)20(17,18)14-11(8-13)9-2-3-9/h9-11,14H,2-8,13H2,1H3. The Morgan fingerprint density at radius 3 is 2.40 bits per heavy atom. The second-order valence-corrected chi connectivity index (χ2v) is 7.20. The highest BCUT2D eigenvalue weighted by Gasteiger charge is 2.36. The molecule has 8 heteroatoms. The van der Waals surface area contributed by atoms with Crippen molar-refractivity contribution in [3.63, 3.8) is 0 Å². The SMILES string of the molecule is COC(=O)C1CCN(S(=O)(=O)NC(CN)C2CC2)CC1. The molecule has 3 N–H and O–H groups in total. The number of nitrogens with one attached hydrogen (secondary N) is 1. The van der Waals surface area contributed by atoms with Crippen LogP contribution in [0.4, 0.5) is 0 Å². The first kappa shape index (κ1) is 15.7. The summed E-state index contributed by atoms with van der Waals surface area (Å²) in [6, 6.07) is -0.168. The minimum absolute atomic E-state index is 0.168. The van der Waals surface area contributed by atoms with E-state index < -0.39 is 10.2 Å². The van der Waals surface area contributed by atoms with Crippen molar-refractivity contribution in [3.8, 4) is 0 Å². The maximum absolute atomic E-state index is 12.3. The highest BCUT2D eigenvalue weighted by atomic mass is 32.2. The van der Waals surface area contributed by atoms with Crippen molar-refractivity contribution in [2.45, 2.75) is 31.7 Å². The molecule has 2 aliphatic rings. The van der Waals surface area contributed by atoms with Crippen LogP contribution in [0.25, 0.3) is 0 Å². The Hall–Kier alpha value is -0.700. The van der Waals surface area contributed by atoms with E-state index in [0.29, 0.717) is 38.4 Å². The molecule has 0 radical (unpaired) electrons. The number of ether oxygens (including phenoxy) is 1. The van der Waals surface area contributed by atoms with E-state index >= 15 is 0 Å². The zero-order valence-corrected chi connectivity index (χ0v) is 12.6. The smallest absolute Gasteiger partial charge is 0.308 e. The lowest BCUT2D eigenvalue weighted by molar-refractivity contribution is -0.146. The van der Waals surface area contributed by atoms with Crippen molar-refractivity contribution >= 4 is 16.2 Å². The number of methoxy groups -OCH3 is 1. The third kappa shape index (κ3) is 3.69.